The third-order valence-electron chi connectivity index (χ3n) is 4.87. The first-order chi connectivity index (χ1) is 13.1. The summed E-state index contributed by atoms with van der Waals surface area (Å²) in [5, 5.41) is 2.95. The quantitative estimate of drug-likeness (QED) is 0.808. The molecule has 1 atom stereocenters. The minimum absolute atomic E-state index is 0.0618. The van der Waals surface area contributed by atoms with Crippen LogP contribution in [0.1, 0.15) is 24.4 Å². The van der Waals surface area contributed by atoms with Gasteiger partial charge in [0.2, 0.25) is 5.91 Å². The van der Waals surface area contributed by atoms with Crippen LogP contribution < -0.4 is 19.5 Å². The Morgan fingerprint density at radius 3 is 2.59 bits per heavy atom. The van der Waals surface area contributed by atoms with E-state index < -0.39 is 0 Å². The highest BCUT2D eigenvalue weighted by Gasteiger charge is 2.28. The van der Waals surface area contributed by atoms with E-state index in [1.807, 2.05) is 18.2 Å². The Labute approximate surface area is 160 Å². The Bertz CT molecular complexity index is 794. The average Bonchev–Trinajstić information content (AvgIpc) is 3.16. The molecule has 27 heavy (non-hydrogen) atoms. The SMILES string of the molecule is COc1cccc([C@@H]2CCCN2CC(=O)Nc2ccc(OC)cc2OC)c1. The summed E-state index contributed by atoms with van der Waals surface area (Å²) in [6.45, 7) is 1.23. The molecule has 1 N–H and O–H groups in total. The summed E-state index contributed by atoms with van der Waals surface area (Å²) >= 11 is 0. The molecule has 1 heterocycles. The van der Waals surface area contributed by atoms with Crippen LogP contribution in [0, 0.1) is 0 Å². The number of nitrogens with one attached hydrogen (secondary N) is 1. The molecule has 1 aliphatic rings. The maximum absolute atomic E-state index is 12.6. The number of hydrogen-bond donors (Lipinski definition) is 1. The number of ether oxygens (including phenoxy) is 3. The smallest absolute Gasteiger partial charge is 0.238 e. The van der Waals surface area contributed by atoms with Crippen molar-refractivity contribution in [3.8, 4) is 17.2 Å². The molecular weight excluding hydrogens is 344 g/mol. The molecule has 1 aliphatic heterocycles. The van der Waals surface area contributed by atoms with Gasteiger partial charge in [0.25, 0.3) is 0 Å². The van der Waals surface area contributed by atoms with Crippen molar-refractivity contribution in [2.75, 3.05) is 39.7 Å². The second-order valence-corrected chi connectivity index (χ2v) is 6.52. The van der Waals surface area contributed by atoms with Gasteiger partial charge in [-0.1, -0.05) is 12.1 Å². The van der Waals surface area contributed by atoms with Gasteiger partial charge in [-0.05, 0) is 49.2 Å². The van der Waals surface area contributed by atoms with Crippen molar-refractivity contribution in [2.24, 2.45) is 0 Å². The van der Waals surface area contributed by atoms with Gasteiger partial charge in [0.05, 0.1) is 33.6 Å². The third-order valence-corrected chi connectivity index (χ3v) is 4.87. The van der Waals surface area contributed by atoms with Crippen LogP contribution in [0.25, 0.3) is 0 Å². The summed E-state index contributed by atoms with van der Waals surface area (Å²) in [5.74, 6) is 2.04. The standard InChI is InChI=1S/C21H26N2O4/c1-25-16-7-4-6-15(12-16)19-8-5-11-23(19)14-21(24)22-18-10-9-17(26-2)13-20(18)27-3/h4,6-7,9-10,12-13,19H,5,8,11,14H2,1-3H3,(H,22,24)/t19-/m0/s1. The summed E-state index contributed by atoms with van der Waals surface area (Å²) in [5.41, 5.74) is 1.82. The lowest BCUT2D eigenvalue weighted by atomic mass is 10.0. The topological polar surface area (TPSA) is 60.0 Å². The molecule has 1 fully saturated rings. The van der Waals surface area contributed by atoms with Crippen molar-refractivity contribution in [2.45, 2.75) is 18.9 Å². The largest absolute Gasteiger partial charge is 0.497 e. The fourth-order valence-corrected chi connectivity index (χ4v) is 3.52. The van der Waals surface area contributed by atoms with Gasteiger partial charge >= 0.3 is 0 Å². The van der Waals surface area contributed by atoms with E-state index in [0.717, 1.165) is 25.1 Å². The number of carbonyl (C=O) groups excluding carboxylic acids is 1. The van der Waals surface area contributed by atoms with E-state index in [9.17, 15) is 4.79 Å². The van der Waals surface area contributed by atoms with Crippen molar-refractivity contribution >= 4 is 11.6 Å². The van der Waals surface area contributed by atoms with Crippen molar-refractivity contribution < 1.29 is 19.0 Å². The van der Waals surface area contributed by atoms with Gasteiger partial charge in [-0.3, -0.25) is 9.69 Å². The zero-order valence-electron chi connectivity index (χ0n) is 16.0. The number of benzene rings is 2. The molecule has 0 aromatic heterocycles. The van der Waals surface area contributed by atoms with Crippen LogP contribution in [-0.2, 0) is 4.79 Å². The first-order valence-electron chi connectivity index (χ1n) is 9.04. The van der Waals surface area contributed by atoms with Crippen LogP contribution in [0.15, 0.2) is 42.5 Å². The van der Waals surface area contributed by atoms with E-state index >= 15 is 0 Å². The van der Waals surface area contributed by atoms with Gasteiger partial charge < -0.3 is 19.5 Å². The van der Waals surface area contributed by atoms with E-state index in [4.69, 9.17) is 14.2 Å². The summed E-state index contributed by atoms with van der Waals surface area (Å²) < 4.78 is 15.9. The maximum atomic E-state index is 12.6. The minimum Gasteiger partial charge on any atom is -0.497 e. The van der Waals surface area contributed by atoms with E-state index in [1.54, 1.807) is 39.5 Å². The Morgan fingerprint density at radius 2 is 1.85 bits per heavy atom. The molecular formula is C21H26N2O4. The predicted molar refractivity (Wildman–Crippen MR) is 105 cm³/mol. The molecule has 1 saturated heterocycles. The molecule has 1 amide bonds. The molecule has 2 aromatic rings. The zero-order valence-corrected chi connectivity index (χ0v) is 16.0. The fraction of sp³-hybridized carbons (Fsp3) is 0.381. The molecule has 144 valence electrons. The van der Waals surface area contributed by atoms with Crippen molar-refractivity contribution in [3.05, 3.63) is 48.0 Å². The lowest BCUT2D eigenvalue weighted by molar-refractivity contribution is -0.117. The van der Waals surface area contributed by atoms with E-state index in [1.165, 1.54) is 5.56 Å². The third kappa shape index (κ3) is 4.52. The van der Waals surface area contributed by atoms with Crippen molar-refractivity contribution in [1.29, 1.82) is 0 Å². The van der Waals surface area contributed by atoms with E-state index in [0.29, 0.717) is 23.7 Å². The number of rotatable bonds is 7. The highest BCUT2D eigenvalue weighted by Crippen LogP contribution is 2.33. The van der Waals surface area contributed by atoms with E-state index in [2.05, 4.69) is 16.3 Å². The fourth-order valence-electron chi connectivity index (χ4n) is 3.52. The molecule has 2 aromatic carbocycles. The van der Waals surface area contributed by atoms with Crippen LogP contribution in [-0.4, -0.2) is 45.2 Å². The number of hydrogen-bond acceptors (Lipinski definition) is 5. The maximum Gasteiger partial charge on any atom is 0.238 e. The average molecular weight is 370 g/mol. The highest BCUT2D eigenvalue weighted by molar-refractivity contribution is 5.93. The number of amides is 1. The Balaban J connectivity index is 1.68. The van der Waals surface area contributed by atoms with Gasteiger partial charge in [0, 0.05) is 12.1 Å². The summed E-state index contributed by atoms with van der Waals surface area (Å²) in [7, 11) is 4.84. The number of methoxy groups -OCH3 is 3. The summed E-state index contributed by atoms with van der Waals surface area (Å²) in [4.78, 5) is 14.8. The van der Waals surface area contributed by atoms with Gasteiger partial charge in [-0.25, -0.2) is 0 Å². The molecule has 0 aliphatic carbocycles. The van der Waals surface area contributed by atoms with Crippen LogP contribution in [0.5, 0.6) is 17.2 Å². The van der Waals surface area contributed by atoms with Crippen LogP contribution in [0.3, 0.4) is 0 Å². The molecule has 0 radical (unpaired) electrons. The molecule has 0 unspecified atom stereocenters. The molecule has 3 rings (SSSR count). The number of nitrogens with zero attached hydrogens (tertiary/aromatic N) is 1. The monoisotopic (exact) mass is 370 g/mol. The molecule has 0 bridgehead atoms. The Morgan fingerprint density at radius 1 is 1.07 bits per heavy atom. The normalized spacial score (nSPS) is 16.8. The molecule has 0 spiro atoms. The Hall–Kier alpha value is -2.73. The van der Waals surface area contributed by atoms with E-state index in [-0.39, 0.29) is 11.9 Å². The van der Waals surface area contributed by atoms with Crippen LogP contribution in [0.2, 0.25) is 0 Å². The number of anilines is 1. The van der Waals surface area contributed by atoms with Gasteiger partial charge in [0.15, 0.2) is 0 Å². The minimum atomic E-state index is -0.0618. The Kier molecular flexibility index (Phi) is 6.19. The number of likely N-dealkylation sites (tertiary alicyclic amines) is 1. The zero-order chi connectivity index (χ0) is 19.2. The first-order valence-corrected chi connectivity index (χ1v) is 9.04. The first kappa shape index (κ1) is 19.0. The molecule has 0 saturated carbocycles. The summed E-state index contributed by atoms with van der Waals surface area (Å²) in [6.07, 6.45) is 2.10. The van der Waals surface area contributed by atoms with Gasteiger partial charge in [-0.15, -0.1) is 0 Å². The molecule has 6 heteroatoms. The van der Waals surface area contributed by atoms with Gasteiger partial charge in [0.1, 0.15) is 17.2 Å². The van der Waals surface area contributed by atoms with Crippen molar-refractivity contribution in [3.63, 3.8) is 0 Å². The highest BCUT2D eigenvalue weighted by atomic mass is 16.5. The predicted octanol–water partition coefficient (Wildman–Crippen LogP) is 3.49. The molecule has 6 nitrogen and oxygen atoms in total. The van der Waals surface area contributed by atoms with Crippen LogP contribution in [0.4, 0.5) is 5.69 Å². The second kappa shape index (κ2) is 8.77. The van der Waals surface area contributed by atoms with Gasteiger partial charge in [-0.2, -0.15) is 0 Å². The summed E-state index contributed by atoms with van der Waals surface area (Å²) in [6, 6.07) is 13.6. The lowest BCUT2D eigenvalue weighted by Crippen LogP contribution is -2.33. The second-order valence-electron chi connectivity index (χ2n) is 6.52. The van der Waals surface area contributed by atoms with Crippen LogP contribution >= 0.6 is 0 Å². The number of carbonyl (C=O) groups is 1. The van der Waals surface area contributed by atoms with Crippen molar-refractivity contribution in [1.82, 2.24) is 4.90 Å². The lowest BCUT2D eigenvalue weighted by Gasteiger charge is -2.24.